The van der Waals surface area contributed by atoms with Gasteiger partial charge in [-0.05, 0) is 37.5 Å². The van der Waals surface area contributed by atoms with Crippen LogP contribution in [0.4, 0.5) is 0 Å². The third-order valence-electron chi connectivity index (χ3n) is 3.54. The Morgan fingerprint density at radius 3 is 2.45 bits per heavy atom. The van der Waals surface area contributed by atoms with Gasteiger partial charge in [-0.2, -0.15) is 0 Å². The molecule has 1 unspecified atom stereocenters. The molecule has 2 nitrogen and oxygen atoms in total. The average Bonchev–Trinajstić information content (AvgIpc) is 2.44. The second-order valence-electron chi connectivity index (χ2n) is 5.54. The molecule has 0 aromatic heterocycles. The predicted molar refractivity (Wildman–Crippen MR) is 85.5 cm³/mol. The second kappa shape index (κ2) is 7.11. The molecule has 0 amide bonds. The number of aromatic hydroxyl groups is 1. The third-order valence-corrected chi connectivity index (χ3v) is 3.54. The summed E-state index contributed by atoms with van der Waals surface area (Å²) in [6.07, 6.45) is 6.99. The zero-order chi connectivity index (χ0) is 15.2. The van der Waals surface area contributed by atoms with E-state index in [2.05, 4.69) is 26.2 Å². The minimum absolute atomic E-state index is 0.172. The van der Waals surface area contributed by atoms with Crippen LogP contribution >= 0.6 is 0 Å². The van der Waals surface area contributed by atoms with Gasteiger partial charge in [0.2, 0.25) is 0 Å². The van der Waals surface area contributed by atoms with Crippen LogP contribution in [0.1, 0.15) is 32.3 Å². The summed E-state index contributed by atoms with van der Waals surface area (Å²) in [6, 6.07) is 7.04. The summed E-state index contributed by atoms with van der Waals surface area (Å²) in [5.41, 5.74) is 1.64. The number of phenolic OH excluding ortho intramolecular Hbond substituents is 1. The van der Waals surface area contributed by atoms with Crippen molar-refractivity contribution >= 4 is 6.08 Å². The zero-order valence-electron chi connectivity index (χ0n) is 12.3. The summed E-state index contributed by atoms with van der Waals surface area (Å²) < 4.78 is 0. The average molecular weight is 272 g/mol. The van der Waals surface area contributed by atoms with Gasteiger partial charge in [0.1, 0.15) is 5.75 Å². The van der Waals surface area contributed by atoms with Crippen LogP contribution in [0.5, 0.6) is 5.75 Å². The number of rotatable bonds is 7. The molecular formula is C18H24O2. The molecule has 0 saturated carbocycles. The molecule has 0 spiro atoms. The number of benzene rings is 1. The van der Waals surface area contributed by atoms with Crippen LogP contribution in [0.2, 0.25) is 0 Å². The molecule has 20 heavy (non-hydrogen) atoms. The topological polar surface area (TPSA) is 40.5 Å². The molecule has 0 heterocycles. The Hall–Kier alpha value is -1.80. The number of phenols is 1. The van der Waals surface area contributed by atoms with Gasteiger partial charge in [0.05, 0.1) is 6.10 Å². The number of aliphatic hydroxyl groups excluding tert-OH is 1. The fourth-order valence-electron chi connectivity index (χ4n) is 1.82. The van der Waals surface area contributed by atoms with Crippen molar-refractivity contribution in [2.24, 2.45) is 5.41 Å². The largest absolute Gasteiger partial charge is 0.508 e. The molecule has 0 aliphatic rings. The van der Waals surface area contributed by atoms with E-state index in [1.807, 2.05) is 31.2 Å². The van der Waals surface area contributed by atoms with E-state index in [0.717, 1.165) is 17.6 Å². The monoisotopic (exact) mass is 272 g/mol. The molecule has 2 atom stereocenters. The lowest BCUT2D eigenvalue weighted by Gasteiger charge is -2.23. The molecule has 1 rings (SSSR count). The molecule has 0 aliphatic carbocycles. The Morgan fingerprint density at radius 2 is 1.95 bits per heavy atom. The number of hydrogen-bond acceptors (Lipinski definition) is 2. The first-order valence-electron chi connectivity index (χ1n) is 6.81. The van der Waals surface area contributed by atoms with Crippen molar-refractivity contribution in [3.8, 4) is 5.75 Å². The molecule has 1 aromatic carbocycles. The second-order valence-corrected chi connectivity index (χ2v) is 5.54. The Morgan fingerprint density at radius 1 is 1.35 bits per heavy atom. The first-order chi connectivity index (χ1) is 9.36. The standard InChI is InChI=1S/C18H24O2/c1-5-18(4,13-11-17(20)14(2)3)12-10-15-6-8-16(19)9-7-15/h5-10,12,17,19-20H,1-2,11,13H2,3-4H3/t17?,18-/m0/s1. The van der Waals surface area contributed by atoms with Crippen molar-refractivity contribution in [2.75, 3.05) is 0 Å². The van der Waals surface area contributed by atoms with E-state index in [0.29, 0.717) is 6.42 Å². The first kappa shape index (κ1) is 16.3. The van der Waals surface area contributed by atoms with E-state index < -0.39 is 6.10 Å². The molecule has 108 valence electrons. The van der Waals surface area contributed by atoms with Crippen molar-refractivity contribution in [1.29, 1.82) is 0 Å². The van der Waals surface area contributed by atoms with E-state index in [1.165, 1.54) is 0 Å². The van der Waals surface area contributed by atoms with Gasteiger partial charge in [-0.1, -0.05) is 49.4 Å². The third kappa shape index (κ3) is 5.06. The van der Waals surface area contributed by atoms with Gasteiger partial charge < -0.3 is 10.2 Å². The minimum Gasteiger partial charge on any atom is -0.508 e. The van der Waals surface area contributed by atoms with Gasteiger partial charge in [0.15, 0.2) is 0 Å². The van der Waals surface area contributed by atoms with Crippen LogP contribution in [0, 0.1) is 5.41 Å². The van der Waals surface area contributed by atoms with Crippen molar-refractivity contribution in [3.63, 3.8) is 0 Å². The Labute approximate surface area is 121 Å². The highest BCUT2D eigenvalue weighted by atomic mass is 16.3. The summed E-state index contributed by atoms with van der Waals surface area (Å²) >= 11 is 0. The normalized spacial score (nSPS) is 15.8. The maximum atomic E-state index is 9.82. The van der Waals surface area contributed by atoms with E-state index in [1.54, 1.807) is 12.1 Å². The van der Waals surface area contributed by atoms with Crippen LogP contribution in [0.15, 0.2) is 55.1 Å². The fraction of sp³-hybridized carbons (Fsp3) is 0.333. The highest BCUT2D eigenvalue weighted by molar-refractivity contribution is 5.51. The van der Waals surface area contributed by atoms with Crippen LogP contribution in [0.3, 0.4) is 0 Å². The van der Waals surface area contributed by atoms with Gasteiger partial charge in [-0.15, -0.1) is 6.58 Å². The van der Waals surface area contributed by atoms with Crippen molar-refractivity contribution in [1.82, 2.24) is 0 Å². The summed E-state index contributed by atoms with van der Waals surface area (Å²) in [5, 5.41) is 19.1. The van der Waals surface area contributed by atoms with E-state index in [4.69, 9.17) is 0 Å². The lowest BCUT2D eigenvalue weighted by molar-refractivity contribution is 0.187. The zero-order valence-corrected chi connectivity index (χ0v) is 12.3. The lowest BCUT2D eigenvalue weighted by Crippen LogP contribution is -2.15. The molecule has 0 bridgehead atoms. The summed E-state index contributed by atoms with van der Waals surface area (Å²) in [5.74, 6) is 0.262. The van der Waals surface area contributed by atoms with Crippen LogP contribution in [0.25, 0.3) is 6.08 Å². The van der Waals surface area contributed by atoms with Gasteiger partial charge >= 0.3 is 0 Å². The van der Waals surface area contributed by atoms with Crippen LogP contribution in [-0.4, -0.2) is 16.3 Å². The summed E-state index contributed by atoms with van der Waals surface area (Å²) in [7, 11) is 0. The van der Waals surface area contributed by atoms with Crippen molar-refractivity contribution in [3.05, 3.63) is 60.7 Å². The number of aliphatic hydroxyl groups is 1. The number of allylic oxidation sites excluding steroid dienone is 2. The Kier molecular flexibility index (Phi) is 5.78. The SMILES string of the molecule is C=C[C@@](C)(C=Cc1ccc(O)cc1)CCC(O)C(=C)C. The molecule has 0 aliphatic heterocycles. The van der Waals surface area contributed by atoms with E-state index in [9.17, 15) is 10.2 Å². The van der Waals surface area contributed by atoms with Gasteiger partial charge in [0, 0.05) is 5.41 Å². The molecule has 1 aromatic rings. The highest BCUT2D eigenvalue weighted by Gasteiger charge is 2.18. The maximum absolute atomic E-state index is 9.82. The summed E-state index contributed by atoms with van der Waals surface area (Å²) in [4.78, 5) is 0. The minimum atomic E-state index is -0.462. The maximum Gasteiger partial charge on any atom is 0.115 e. The number of hydrogen-bond donors (Lipinski definition) is 2. The van der Waals surface area contributed by atoms with Gasteiger partial charge in [-0.3, -0.25) is 0 Å². The predicted octanol–water partition coefficient (Wildman–Crippen LogP) is 4.31. The summed E-state index contributed by atoms with van der Waals surface area (Å²) in [6.45, 7) is 11.6. The fourth-order valence-corrected chi connectivity index (χ4v) is 1.82. The van der Waals surface area contributed by atoms with Crippen LogP contribution in [-0.2, 0) is 0 Å². The molecule has 0 saturated heterocycles. The molecule has 2 heteroatoms. The van der Waals surface area contributed by atoms with E-state index >= 15 is 0 Å². The van der Waals surface area contributed by atoms with E-state index in [-0.39, 0.29) is 11.2 Å². The van der Waals surface area contributed by atoms with Crippen molar-refractivity contribution in [2.45, 2.75) is 32.8 Å². The Bertz CT molecular complexity index is 485. The quantitative estimate of drug-likeness (QED) is 0.726. The smallest absolute Gasteiger partial charge is 0.115 e. The molecule has 0 fully saturated rings. The lowest BCUT2D eigenvalue weighted by atomic mass is 9.83. The van der Waals surface area contributed by atoms with Crippen molar-refractivity contribution < 1.29 is 10.2 Å². The molecular weight excluding hydrogens is 248 g/mol. The highest BCUT2D eigenvalue weighted by Crippen LogP contribution is 2.29. The molecule has 2 N–H and O–H groups in total. The first-order valence-corrected chi connectivity index (χ1v) is 6.81. The van der Waals surface area contributed by atoms with Crippen LogP contribution < -0.4 is 0 Å². The van der Waals surface area contributed by atoms with Gasteiger partial charge in [0.25, 0.3) is 0 Å². The molecule has 0 radical (unpaired) electrons. The van der Waals surface area contributed by atoms with Gasteiger partial charge in [-0.25, -0.2) is 0 Å². The Balaban J connectivity index is 2.71.